The number of aryl methyl sites for hydroxylation is 2. The molecule has 3 rings (SSSR count). The molecule has 0 saturated carbocycles. The van der Waals surface area contributed by atoms with Gasteiger partial charge in [0.2, 0.25) is 4.77 Å². The summed E-state index contributed by atoms with van der Waals surface area (Å²) in [5.74, 6) is 1.67. The summed E-state index contributed by atoms with van der Waals surface area (Å²) in [6.45, 7) is 4.73. The molecular weight excluding hydrogens is 344 g/mol. The van der Waals surface area contributed by atoms with Crippen molar-refractivity contribution < 1.29 is 4.74 Å². The quantitative estimate of drug-likeness (QED) is 0.489. The van der Waals surface area contributed by atoms with Crippen molar-refractivity contribution in [3.63, 3.8) is 0 Å². The van der Waals surface area contributed by atoms with Gasteiger partial charge in [0, 0.05) is 6.42 Å². The van der Waals surface area contributed by atoms with Gasteiger partial charge in [0.05, 0.1) is 6.21 Å². The van der Waals surface area contributed by atoms with Crippen LogP contribution in [-0.2, 0) is 13.0 Å². The van der Waals surface area contributed by atoms with Crippen LogP contribution in [0.15, 0.2) is 53.6 Å². The molecule has 0 amide bonds. The first-order valence-corrected chi connectivity index (χ1v) is 9.05. The Labute approximate surface area is 158 Å². The summed E-state index contributed by atoms with van der Waals surface area (Å²) < 4.78 is 8.01. The molecule has 2 aromatic carbocycles. The van der Waals surface area contributed by atoms with E-state index in [0.29, 0.717) is 11.4 Å². The minimum atomic E-state index is 0.503. The van der Waals surface area contributed by atoms with E-state index < -0.39 is 0 Å². The largest absolute Gasteiger partial charge is 0.489 e. The van der Waals surface area contributed by atoms with Gasteiger partial charge in [0.15, 0.2) is 5.82 Å². The predicted molar refractivity (Wildman–Crippen MR) is 106 cm³/mol. The SMILES string of the molecule is CCCc1n[nH]c(=S)n1/N=C/c1ccc(OCc2cccc(C)c2)cc1. The summed E-state index contributed by atoms with van der Waals surface area (Å²) in [5, 5.41) is 11.4. The third kappa shape index (κ3) is 4.67. The Morgan fingerprint density at radius 2 is 2.04 bits per heavy atom. The first kappa shape index (κ1) is 18.1. The second-order valence-corrected chi connectivity index (χ2v) is 6.48. The maximum Gasteiger partial charge on any atom is 0.216 e. The zero-order chi connectivity index (χ0) is 18.4. The van der Waals surface area contributed by atoms with Crippen LogP contribution in [0.3, 0.4) is 0 Å². The van der Waals surface area contributed by atoms with Crippen LogP contribution in [0.5, 0.6) is 5.75 Å². The summed E-state index contributed by atoms with van der Waals surface area (Å²) >= 11 is 5.22. The highest BCUT2D eigenvalue weighted by atomic mass is 32.1. The second-order valence-electron chi connectivity index (χ2n) is 6.10. The van der Waals surface area contributed by atoms with E-state index in [1.54, 1.807) is 10.9 Å². The van der Waals surface area contributed by atoms with Gasteiger partial charge in [-0.05, 0) is 61.0 Å². The molecule has 1 heterocycles. The van der Waals surface area contributed by atoms with Crippen molar-refractivity contribution in [1.82, 2.24) is 14.9 Å². The lowest BCUT2D eigenvalue weighted by Gasteiger charge is -2.07. The lowest BCUT2D eigenvalue weighted by molar-refractivity contribution is 0.306. The van der Waals surface area contributed by atoms with Crippen LogP contribution in [0.25, 0.3) is 0 Å². The van der Waals surface area contributed by atoms with Gasteiger partial charge in [-0.2, -0.15) is 14.9 Å². The van der Waals surface area contributed by atoms with Crippen LogP contribution in [0.2, 0.25) is 0 Å². The summed E-state index contributed by atoms with van der Waals surface area (Å²) in [6, 6.07) is 16.1. The predicted octanol–water partition coefficient (Wildman–Crippen LogP) is 4.66. The number of rotatable bonds is 7. The molecule has 0 fully saturated rings. The van der Waals surface area contributed by atoms with Gasteiger partial charge in [0.1, 0.15) is 12.4 Å². The van der Waals surface area contributed by atoms with Gasteiger partial charge in [-0.25, -0.2) is 0 Å². The molecule has 0 aliphatic rings. The van der Waals surface area contributed by atoms with E-state index in [1.165, 1.54) is 5.56 Å². The first-order valence-electron chi connectivity index (χ1n) is 8.65. The number of benzene rings is 2. The van der Waals surface area contributed by atoms with Gasteiger partial charge < -0.3 is 4.74 Å². The van der Waals surface area contributed by atoms with Crippen molar-refractivity contribution in [1.29, 1.82) is 0 Å². The fraction of sp³-hybridized carbons (Fsp3) is 0.250. The van der Waals surface area contributed by atoms with Gasteiger partial charge >= 0.3 is 0 Å². The highest BCUT2D eigenvalue weighted by Gasteiger charge is 2.03. The van der Waals surface area contributed by atoms with Crippen LogP contribution in [-0.4, -0.2) is 21.1 Å². The molecule has 1 N–H and O–H groups in total. The van der Waals surface area contributed by atoms with E-state index in [9.17, 15) is 0 Å². The Bertz CT molecular complexity index is 941. The Kier molecular flexibility index (Phi) is 5.96. The molecular formula is C20H22N4OS. The average molecular weight is 366 g/mol. The second kappa shape index (κ2) is 8.58. The molecule has 0 atom stereocenters. The zero-order valence-electron chi connectivity index (χ0n) is 15.0. The molecule has 6 heteroatoms. The summed E-state index contributed by atoms with van der Waals surface area (Å²) in [4.78, 5) is 0. The molecule has 26 heavy (non-hydrogen) atoms. The van der Waals surface area contributed by atoms with E-state index in [0.717, 1.165) is 35.5 Å². The van der Waals surface area contributed by atoms with Crippen molar-refractivity contribution in [3.05, 3.63) is 75.8 Å². The minimum Gasteiger partial charge on any atom is -0.489 e. The van der Waals surface area contributed by atoms with Gasteiger partial charge in [0.25, 0.3) is 0 Å². The van der Waals surface area contributed by atoms with Crippen molar-refractivity contribution in [2.75, 3.05) is 0 Å². The summed E-state index contributed by atoms with van der Waals surface area (Å²) in [5.41, 5.74) is 3.37. The fourth-order valence-electron chi connectivity index (χ4n) is 2.57. The average Bonchev–Trinajstić information content (AvgIpc) is 2.99. The van der Waals surface area contributed by atoms with Gasteiger partial charge in [-0.1, -0.05) is 36.8 Å². The normalized spacial score (nSPS) is 11.2. The molecule has 0 saturated heterocycles. The number of ether oxygens (including phenoxy) is 1. The van der Waals surface area contributed by atoms with Crippen LogP contribution >= 0.6 is 12.2 Å². The monoisotopic (exact) mass is 366 g/mol. The summed E-state index contributed by atoms with van der Waals surface area (Å²) in [6.07, 6.45) is 3.59. The van der Waals surface area contributed by atoms with Crippen LogP contribution in [0.1, 0.15) is 35.9 Å². The van der Waals surface area contributed by atoms with Crippen molar-refractivity contribution >= 4 is 18.4 Å². The highest BCUT2D eigenvalue weighted by molar-refractivity contribution is 7.71. The smallest absolute Gasteiger partial charge is 0.216 e. The fourth-order valence-corrected chi connectivity index (χ4v) is 2.77. The number of H-pyrrole nitrogens is 1. The van der Waals surface area contributed by atoms with E-state index in [1.807, 2.05) is 30.3 Å². The van der Waals surface area contributed by atoms with E-state index in [4.69, 9.17) is 17.0 Å². The first-order chi connectivity index (χ1) is 12.7. The van der Waals surface area contributed by atoms with Gasteiger partial charge in [-0.15, -0.1) is 0 Å². The van der Waals surface area contributed by atoms with Gasteiger partial charge in [-0.3, -0.25) is 5.10 Å². The van der Waals surface area contributed by atoms with Crippen molar-refractivity contribution in [2.45, 2.75) is 33.3 Å². The zero-order valence-corrected chi connectivity index (χ0v) is 15.8. The number of nitrogens with zero attached hydrogens (tertiary/aromatic N) is 3. The van der Waals surface area contributed by atoms with Crippen molar-refractivity contribution in [2.24, 2.45) is 5.10 Å². The Balaban J connectivity index is 1.64. The third-order valence-electron chi connectivity index (χ3n) is 3.88. The number of aromatic amines is 1. The maximum atomic E-state index is 5.84. The molecule has 0 aliphatic heterocycles. The van der Waals surface area contributed by atoms with E-state index >= 15 is 0 Å². The molecule has 0 aliphatic carbocycles. The molecule has 3 aromatic rings. The number of hydrogen-bond donors (Lipinski definition) is 1. The van der Waals surface area contributed by atoms with Crippen molar-refractivity contribution in [3.8, 4) is 5.75 Å². The van der Waals surface area contributed by atoms with Crippen LogP contribution < -0.4 is 4.74 Å². The third-order valence-corrected chi connectivity index (χ3v) is 4.15. The number of aromatic nitrogens is 3. The molecule has 0 bridgehead atoms. The lowest BCUT2D eigenvalue weighted by atomic mass is 10.1. The topological polar surface area (TPSA) is 55.2 Å². The molecule has 1 aromatic heterocycles. The molecule has 0 radical (unpaired) electrons. The molecule has 0 spiro atoms. The van der Waals surface area contributed by atoms with Crippen LogP contribution in [0.4, 0.5) is 0 Å². The maximum absolute atomic E-state index is 5.84. The van der Waals surface area contributed by atoms with E-state index in [2.05, 4.69) is 47.3 Å². The highest BCUT2D eigenvalue weighted by Crippen LogP contribution is 2.14. The lowest BCUT2D eigenvalue weighted by Crippen LogP contribution is -1.99. The molecule has 134 valence electrons. The van der Waals surface area contributed by atoms with E-state index in [-0.39, 0.29) is 0 Å². The number of hydrogen-bond acceptors (Lipinski definition) is 4. The Morgan fingerprint density at radius 3 is 2.77 bits per heavy atom. The standard InChI is InChI=1S/C20H22N4OS/c1-3-5-19-22-23-20(26)24(19)21-13-16-8-10-18(11-9-16)25-14-17-7-4-6-15(2)12-17/h4,6-13H,3,5,14H2,1-2H3,(H,23,26)/b21-13+. The summed E-state index contributed by atoms with van der Waals surface area (Å²) in [7, 11) is 0. The Hall–Kier alpha value is -2.73. The molecule has 5 nitrogen and oxygen atoms in total. The van der Waals surface area contributed by atoms with Crippen LogP contribution in [0, 0.1) is 11.7 Å². The number of nitrogens with one attached hydrogen (secondary N) is 1. The minimum absolute atomic E-state index is 0.503. The Morgan fingerprint density at radius 1 is 1.23 bits per heavy atom. The molecule has 0 unspecified atom stereocenters.